The lowest BCUT2D eigenvalue weighted by atomic mass is 9.83. The fourth-order valence-electron chi connectivity index (χ4n) is 3.05. The third kappa shape index (κ3) is 4.85. The minimum absolute atomic E-state index is 0.571. The molecule has 0 radical (unpaired) electrons. The van der Waals surface area contributed by atoms with E-state index in [0.717, 1.165) is 17.7 Å². The van der Waals surface area contributed by atoms with Gasteiger partial charge in [-0.1, -0.05) is 81.3 Å². The summed E-state index contributed by atoms with van der Waals surface area (Å²) in [7, 11) is 0. The third-order valence-corrected chi connectivity index (χ3v) is 4.40. The molecule has 132 valence electrons. The lowest BCUT2D eigenvalue weighted by molar-refractivity contribution is 0.751. The van der Waals surface area contributed by atoms with Crippen molar-refractivity contribution < 1.29 is 0 Å². The summed E-state index contributed by atoms with van der Waals surface area (Å²) in [6.07, 6.45) is 6.88. The van der Waals surface area contributed by atoms with E-state index < -0.39 is 0 Å². The van der Waals surface area contributed by atoms with Crippen LogP contribution in [0.25, 0.3) is 11.1 Å². The molecule has 25 heavy (non-hydrogen) atoms. The van der Waals surface area contributed by atoms with Crippen molar-refractivity contribution in [1.29, 1.82) is 0 Å². The van der Waals surface area contributed by atoms with E-state index >= 15 is 0 Å². The van der Waals surface area contributed by atoms with E-state index in [1.807, 2.05) is 6.92 Å². The average molecular weight is 334 g/mol. The van der Waals surface area contributed by atoms with Gasteiger partial charge >= 0.3 is 0 Å². The van der Waals surface area contributed by atoms with Crippen molar-refractivity contribution in [3.8, 4) is 0 Å². The first-order valence-electron chi connectivity index (χ1n) is 9.31. The Hall–Kier alpha value is -2.28. The SMILES string of the molecule is CCC.Cc1cccc(C2=C(c3ccc(C)c(N)c3)C=CC(C)C2)c1. The van der Waals surface area contributed by atoms with Crippen molar-refractivity contribution in [3.05, 3.63) is 76.9 Å². The van der Waals surface area contributed by atoms with Gasteiger partial charge in [0.15, 0.2) is 0 Å². The van der Waals surface area contributed by atoms with Gasteiger partial charge in [-0.2, -0.15) is 0 Å². The molecule has 1 nitrogen and oxygen atoms in total. The molecule has 1 heteroatoms. The number of allylic oxidation sites excluding steroid dienone is 4. The van der Waals surface area contributed by atoms with Crippen molar-refractivity contribution in [2.24, 2.45) is 5.92 Å². The predicted molar refractivity (Wildman–Crippen MR) is 112 cm³/mol. The Morgan fingerprint density at radius 3 is 2.36 bits per heavy atom. The largest absolute Gasteiger partial charge is 0.398 e. The van der Waals surface area contributed by atoms with E-state index in [0.29, 0.717) is 5.92 Å². The van der Waals surface area contributed by atoms with Crippen molar-refractivity contribution in [2.45, 2.75) is 47.5 Å². The molecule has 0 amide bonds. The van der Waals surface area contributed by atoms with Gasteiger partial charge in [0.05, 0.1) is 0 Å². The smallest absolute Gasteiger partial charge is 0.0349 e. The highest BCUT2D eigenvalue weighted by atomic mass is 14.6. The van der Waals surface area contributed by atoms with Crippen LogP contribution in [0.5, 0.6) is 0 Å². The lowest BCUT2D eigenvalue weighted by Gasteiger charge is -2.21. The summed E-state index contributed by atoms with van der Waals surface area (Å²) < 4.78 is 0. The van der Waals surface area contributed by atoms with Crippen molar-refractivity contribution in [2.75, 3.05) is 5.73 Å². The van der Waals surface area contributed by atoms with Crippen LogP contribution < -0.4 is 5.73 Å². The Bertz CT molecular complexity index is 780. The fraction of sp³-hybridized carbons (Fsp3) is 0.333. The molecule has 0 aliphatic heterocycles. The number of nitrogens with two attached hydrogens (primary N) is 1. The van der Waals surface area contributed by atoms with Gasteiger partial charge in [0.25, 0.3) is 0 Å². The van der Waals surface area contributed by atoms with Crippen LogP contribution in [0.1, 0.15) is 55.9 Å². The van der Waals surface area contributed by atoms with Crippen LogP contribution in [0, 0.1) is 19.8 Å². The maximum Gasteiger partial charge on any atom is 0.0349 e. The van der Waals surface area contributed by atoms with Crippen molar-refractivity contribution >= 4 is 16.8 Å². The molecule has 1 atom stereocenters. The second-order valence-electron chi connectivity index (χ2n) is 7.08. The Labute approximate surface area is 153 Å². The first-order chi connectivity index (χ1) is 12.0. The summed E-state index contributed by atoms with van der Waals surface area (Å²) in [4.78, 5) is 0. The predicted octanol–water partition coefficient (Wildman–Crippen LogP) is 6.81. The maximum atomic E-state index is 6.12. The first-order valence-corrected chi connectivity index (χ1v) is 9.31. The zero-order valence-electron chi connectivity index (χ0n) is 16.3. The van der Waals surface area contributed by atoms with Crippen LogP contribution in [-0.4, -0.2) is 0 Å². The molecule has 0 fully saturated rings. The lowest BCUT2D eigenvalue weighted by Crippen LogP contribution is -2.03. The van der Waals surface area contributed by atoms with Crippen LogP contribution in [0.3, 0.4) is 0 Å². The second kappa shape index (κ2) is 8.71. The highest BCUT2D eigenvalue weighted by Crippen LogP contribution is 2.37. The monoisotopic (exact) mass is 333 g/mol. The van der Waals surface area contributed by atoms with Crippen molar-refractivity contribution in [1.82, 2.24) is 0 Å². The molecule has 1 aliphatic rings. The first kappa shape index (κ1) is 19.1. The van der Waals surface area contributed by atoms with E-state index in [9.17, 15) is 0 Å². The molecule has 1 unspecified atom stereocenters. The number of anilines is 1. The summed E-state index contributed by atoms with van der Waals surface area (Å²) in [5.41, 5.74) is 14.7. The van der Waals surface area contributed by atoms with Gasteiger partial charge in [0.1, 0.15) is 0 Å². The third-order valence-electron chi connectivity index (χ3n) is 4.40. The van der Waals surface area contributed by atoms with Crippen LogP contribution >= 0.6 is 0 Å². The summed E-state index contributed by atoms with van der Waals surface area (Å²) in [6, 6.07) is 15.2. The molecule has 0 heterocycles. The summed E-state index contributed by atoms with van der Waals surface area (Å²) in [5.74, 6) is 0.571. The van der Waals surface area contributed by atoms with Gasteiger partial charge in [-0.15, -0.1) is 0 Å². The van der Waals surface area contributed by atoms with Gasteiger partial charge in [0.2, 0.25) is 0 Å². The maximum absolute atomic E-state index is 6.12. The molecule has 0 aromatic heterocycles. The van der Waals surface area contributed by atoms with Crippen LogP contribution in [0.15, 0.2) is 54.6 Å². The van der Waals surface area contributed by atoms with E-state index in [4.69, 9.17) is 5.73 Å². The van der Waals surface area contributed by atoms with Crippen LogP contribution in [0.2, 0.25) is 0 Å². The molecule has 0 bridgehead atoms. The van der Waals surface area contributed by atoms with E-state index in [1.165, 1.54) is 34.3 Å². The Kier molecular flexibility index (Phi) is 6.64. The molecular weight excluding hydrogens is 302 g/mol. The summed E-state index contributed by atoms with van der Waals surface area (Å²) in [6.45, 7) is 10.7. The number of hydrogen-bond donors (Lipinski definition) is 1. The van der Waals surface area contributed by atoms with E-state index in [1.54, 1.807) is 0 Å². The van der Waals surface area contributed by atoms with Crippen LogP contribution in [-0.2, 0) is 0 Å². The summed E-state index contributed by atoms with van der Waals surface area (Å²) in [5, 5.41) is 0. The van der Waals surface area contributed by atoms with Gasteiger partial charge in [-0.3, -0.25) is 0 Å². The number of hydrogen-bond acceptors (Lipinski definition) is 1. The minimum Gasteiger partial charge on any atom is -0.398 e. The quantitative estimate of drug-likeness (QED) is 0.600. The molecule has 2 N–H and O–H groups in total. The average Bonchev–Trinajstić information content (AvgIpc) is 2.58. The van der Waals surface area contributed by atoms with E-state index in [2.05, 4.69) is 82.3 Å². The number of aryl methyl sites for hydroxylation is 2. The van der Waals surface area contributed by atoms with Crippen LogP contribution in [0.4, 0.5) is 5.69 Å². The number of rotatable bonds is 2. The normalized spacial score (nSPS) is 16.4. The molecule has 0 spiro atoms. The van der Waals surface area contributed by atoms with Crippen molar-refractivity contribution in [3.63, 3.8) is 0 Å². The molecule has 1 aliphatic carbocycles. The number of benzene rings is 2. The Balaban J connectivity index is 0.000000701. The van der Waals surface area contributed by atoms with E-state index in [-0.39, 0.29) is 0 Å². The Morgan fingerprint density at radius 2 is 1.72 bits per heavy atom. The van der Waals surface area contributed by atoms with Gasteiger partial charge in [0, 0.05) is 5.69 Å². The zero-order valence-corrected chi connectivity index (χ0v) is 16.3. The summed E-state index contributed by atoms with van der Waals surface area (Å²) >= 11 is 0. The zero-order chi connectivity index (χ0) is 18.4. The van der Waals surface area contributed by atoms with Gasteiger partial charge in [-0.05, 0) is 60.1 Å². The fourth-order valence-corrected chi connectivity index (χ4v) is 3.05. The highest BCUT2D eigenvalue weighted by Gasteiger charge is 2.16. The number of nitrogen functional groups attached to an aromatic ring is 1. The molecule has 2 aromatic carbocycles. The Morgan fingerprint density at radius 1 is 1.00 bits per heavy atom. The standard InChI is InChI=1S/C21H23N.C3H8/c1-14-5-4-6-17(11-14)20-12-15(2)7-10-19(20)18-9-8-16(3)21(22)13-18;1-3-2/h4-11,13,15H,12,22H2,1-3H3;3H2,1-2H3. The molecule has 0 saturated carbocycles. The van der Waals surface area contributed by atoms with Gasteiger partial charge < -0.3 is 5.73 Å². The topological polar surface area (TPSA) is 26.0 Å². The minimum atomic E-state index is 0.571. The highest BCUT2D eigenvalue weighted by molar-refractivity contribution is 5.97. The molecule has 0 saturated heterocycles. The molecule has 2 aromatic rings. The second-order valence-corrected chi connectivity index (χ2v) is 7.08. The molecule has 3 rings (SSSR count). The molecular formula is C24H31N. The van der Waals surface area contributed by atoms with Gasteiger partial charge in [-0.25, -0.2) is 0 Å².